The molecule has 1 aliphatic rings. The maximum Gasteiger partial charge on any atom is 0.325 e. The van der Waals surface area contributed by atoms with Crippen LogP contribution in [0.3, 0.4) is 0 Å². The molecule has 76 valence electrons. The van der Waals surface area contributed by atoms with Gasteiger partial charge in [-0.1, -0.05) is 0 Å². The lowest BCUT2D eigenvalue weighted by molar-refractivity contribution is 0.0793. The second-order valence-electron chi connectivity index (χ2n) is 3.26. The van der Waals surface area contributed by atoms with Crippen LogP contribution >= 0.6 is 0 Å². The SMILES string of the molecule is NC(=O)NN([O-])C1CCC(O)CC1. The third kappa shape index (κ3) is 3.17. The molecule has 0 unspecified atom stereocenters. The Morgan fingerprint density at radius 2 is 2.00 bits per heavy atom. The number of urea groups is 1. The van der Waals surface area contributed by atoms with Gasteiger partial charge in [0.05, 0.1) is 6.10 Å². The van der Waals surface area contributed by atoms with Gasteiger partial charge >= 0.3 is 6.03 Å². The number of primary amides is 1. The molecule has 1 rings (SSSR count). The Hall–Kier alpha value is -0.850. The minimum absolute atomic E-state index is 0.254. The molecule has 0 bridgehead atoms. The summed E-state index contributed by atoms with van der Waals surface area (Å²) in [5, 5.41) is 20.8. The van der Waals surface area contributed by atoms with Crippen LogP contribution in [0.5, 0.6) is 0 Å². The number of aliphatic hydroxyl groups is 1. The van der Waals surface area contributed by atoms with Gasteiger partial charge in [0, 0.05) is 6.04 Å². The van der Waals surface area contributed by atoms with E-state index in [9.17, 15) is 10.0 Å². The van der Waals surface area contributed by atoms with Crippen LogP contribution in [-0.4, -0.2) is 28.5 Å². The third-order valence-corrected chi connectivity index (χ3v) is 2.22. The lowest BCUT2D eigenvalue weighted by Crippen LogP contribution is -2.48. The molecule has 6 nitrogen and oxygen atoms in total. The number of hydrogen-bond donors (Lipinski definition) is 3. The first-order chi connectivity index (χ1) is 6.09. The Morgan fingerprint density at radius 3 is 2.46 bits per heavy atom. The zero-order valence-electron chi connectivity index (χ0n) is 7.27. The zero-order valence-corrected chi connectivity index (χ0v) is 7.27. The van der Waals surface area contributed by atoms with Gasteiger partial charge < -0.3 is 16.0 Å². The predicted molar refractivity (Wildman–Crippen MR) is 46.2 cm³/mol. The van der Waals surface area contributed by atoms with Crippen molar-refractivity contribution >= 4 is 6.03 Å². The van der Waals surface area contributed by atoms with Crippen LogP contribution in [0.2, 0.25) is 0 Å². The molecule has 0 saturated heterocycles. The predicted octanol–water partition coefficient (Wildman–Crippen LogP) is -0.327. The highest BCUT2D eigenvalue weighted by atomic mass is 16.5. The Kier molecular flexibility index (Phi) is 3.47. The van der Waals surface area contributed by atoms with Crippen molar-refractivity contribution in [2.24, 2.45) is 5.73 Å². The van der Waals surface area contributed by atoms with Crippen LogP contribution in [0.25, 0.3) is 0 Å². The molecule has 0 heterocycles. The van der Waals surface area contributed by atoms with Crippen molar-refractivity contribution in [3.05, 3.63) is 5.21 Å². The average Bonchev–Trinajstić information content (AvgIpc) is 2.04. The van der Waals surface area contributed by atoms with E-state index in [1.54, 1.807) is 0 Å². The normalized spacial score (nSPS) is 28.8. The summed E-state index contributed by atoms with van der Waals surface area (Å²) >= 11 is 0. The van der Waals surface area contributed by atoms with Gasteiger partial charge in [0.25, 0.3) is 0 Å². The van der Waals surface area contributed by atoms with E-state index >= 15 is 0 Å². The van der Waals surface area contributed by atoms with Gasteiger partial charge in [-0.15, -0.1) is 0 Å². The molecule has 1 fully saturated rings. The van der Waals surface area contributed by atoms with E-state index in [4.69, 9.17) is 10.8 Å². The first kappa shape index (κ1) is 10.2. The highest BCUT2D eigenvalue weighted by molar-refractivity contribution is 5.71. The number of nitrogens with one attached hydrogen (secondary N) is 1. The molecule has 2 amide bonds. The van der Waals surface area contributed by atoms with Gasteiger partial charge in [0.2, 0.25) is 0 Å². The monoisotopic (exact) mass is 188 g/mol. The van der Waals surface area contributed by atoms with Crippen molar-refractivity contribution < 1.29 is 9.90 Å². The van der Waals surface area contributed by atoms with Crippen molar-refractivity contribution in [3.63, 3.8) is 0 Å². The second-order valence-corrected chi connectivity index (χ2v) is 3.26. The Morgan fingerprint density at radius 1 is 1.46 bits per heavy atom. The maximum absolute atomic E-state index is 11.1. The summed E-state index contributed by atoms with van der Waals surface area (Å²) in [6, 6.07) is -1.10. The van der Waals surface area contributed by atoms with Crippen LogP contribution in [-0.2, 0) is 0 Å². The van der Waals surface area contributed by atoms with Crippen molar-refractivity contribution in [1.29, 1.82) is 0 Å². The molecule has 0 aromatic heterocycles. The number of carbonyl (C=O) groups excluding carboxylic acids is 1. The zero-order chi connectivity index (χ0) is 9.84. The lowest BCUT2D eigenvalue weighted by atomic mass is 9.93. The van der Waals surface area contributed by atoms with Gasteiger partial charge in [0.1, 0.15) is 0 Å². The minimum Gasteiger partial charge on any atom is -0.767 e. The van der Waals surface area contributed by atoms with E-state index in [0.717, 1.165) is 0 Å². The summed E-state index contributed by atoms with van der Waals surface area (Å²) in [7, 11) is 0. The first-order valence-corrected chi connectivity index (χ1v) is 4.30. The summed E-state index contributed by atoms with van der Waals surface area (Å²) in [5.41, 5.74) is 6.75. The molecular formula is C7H14N3O3-. The van der Waals surface area contributed by atoms with E-state index in [0.29, 0.717) is 30.9 Å². The molecule has 0 aliphatic heterocycles. The largest absolute Gasteiger partial charge is 0.767 e. The third-order valence-electron chi connectivity index (χ3n) is 2.22. The molecule has 0 atom stereocenters. The van der Waals surface area contributed by atoms with Gasteiger partial charge in [0.15, 0.2) is 0 Å². The number of carbonyl (C=O) groups is 1. The van der Waals surface area contributed by atoms with E-state index in [2.05, 4.69) is 0 Å². The molecule has 0 radical (unpaired) electrons. The van der Waals surface area contributed by atoms with E-state index in [-0.39, 0.29) is 12.1 Å². The van der Waals surface area contributed by atoms with Crippen molar-refractivity contribution in [2.45, 2.75) is 37.8 Å². The van der Waals surface area contributed by atoms with Gasteiger partial charge in [-0.2, -0.15) is 0 Å². The van der Waals surface area contributed by atoms with Crippen molar-refractivity contribution in [2.75, 3.05) is 0 Å². The van der Waals surface area contributed by atoms with E-state index in [1.807, 2.05) is 5.43 Å². The number of hydrogen-bond acceptors (Lipinski definition) is 4. The summed E-state index contributed by atoms with van der Waals surface area (Å²) in [5.74, 6) is 0. The van der Waals surface area contributed by atoms with E-state index in [1.165, 1.54) is 0 Å². The second kappa shape index (κ2) is 4.40. The fourth-order valence-electron chi connectivity index (χ4n) is 1.49. The van der Waals surface area contributed by atoms with Crippen LogP contribution in [0, 0.1) is 5.21 Å². The molecule has 13 heavy (non-hydrogen) atoms. The lowest BCUT2D eigenvalue weighted by Gasteiger charge is -2.39. The number of rotatable bonds is 2. The Labute approximate surface area is 76.2 Å². The number of nitrogens with zero attached hydrogens (tertiary/aromatic N) is 1. The number of aliphatic hydroxyl groups excluding tert-OH is 1. The molecule has 0 spiro atoms. The van der Waals surface area contributed by atoms with Gasteiger partial charge in [-0.05, 0) is 25.7 Å². The Bertz CT molecular complexity index is 180. The molecule has 1 aliphatic carbocycles. The molecule has 0 aromatic carbocycles. The number of hydroxylamine groups is 1. The van der Waals surface area contributed by atoms with Crippen molar-refractivity contribution in [1.82, 2.24) is 10.6 Å². The van der Waals surface area contributed by atoms with Crippen LogP contribution in [0.15, 0.2) is 0 Å². The Balaban J connectivity index is 2.31. The highest BCUT2D eigenvalue weighted by Crippen LogP contribution is 2.21. The van der Waals surface area contributed by atoms with E-state index < -0.39 is 6.03 Å². The van der Waals surface area contributed by atoms with Crippen molar-refractivity contribution in [3.8, 4) is 0 Å². The fourth-order valence-corrected chi connectivity index (χ4v) is 1.49. The molecule has 4 N–H and O–H groups in total. The maximum atomic E-state index is 11.1. The number of nitrogens with two attached hydrogens (primary N) is 1. The first-order valence-electron chi connectivity index (χ1n) is 4.30. The summed E-state index contributed by atoms with van der Waals surface area (Å²) in [6.07, 6.45) is 2.07. The van der Waals surface area contributed by atoms with Gasteiger partial charge in [-0.25, -0.2) is 4.79 Å². The summed E-state index contributed by atoms with van der Waals surface area (Å²) in [4.78, 5) is 10.3. The highest BCUT2D eigenvalue weighted by Gasteiger charge is 2.20. The molecule has 0 aromatic rings. The standard InChI is InChI=1S/C7H14N3O3/c8-7(12)9-10(13)5-1-3-6(11)4-2-5/h5-6,11H,1-4H2,(H3,8,9,12)/q-1. The quantitative estimate of drug-likeness (QED) is 0.516. The summed E-state index contributed by atoms with van der Waals surface area (Å²) < 4.78 is 0. The van der Waals surface area contributed by atoms with Crippen LogP contribution in [0.1, 0.15) is 25.7 Å². The minimum atomic E-state index is -0.846. The fraction of sp³-hybridized carbons (Fsp3) is 0.857. The smallest absolute Gasteiger partial charge is 0.325 e. The van der Waals surface area contributed by atoms with Crippen LogP contribution < -0.4 is 11.2 Å². The molecule has 1 saturated carbocycles. The molecular weight excluding hydrogens is 174 g/mol. The summed E-state index contributed by atoms with van der Waals surface area (Å²) in [6.45, 7) is 0. The molecule has 6 heteroatoms. The topological polar surface area (TPSA) is 102 Å². The average molecular weight is 188 g/mol. The van der Waals surface area contributed by atoms with Gasteiger partial charge in [-0.3, -0.25) is 10.6 Å². The van der Waals surface area contributed by atoms with Crippen LogP contribution in [0.4, 0.5) is 4.79 Å². The number of amides is 2. The number of hydrazine groups is 1.